The quantitative estimate of drug-likeness (QED) is 0.550. The van der Waals surface area contributed by atoms with Crippen LogP contribution in [0, 0.1) is 17.8 Å². The van der Waals surface area contributed by atoms with E-state index in [0.29, 0.717) is 31.2 Å². The summed E-state index contributed by atoms with van der Waals surface area (Å²) in [6.07, 6.45) is 6.25. The van der Waals surface area contributed by atoms with E-state index in [4.69, 9.17) is 10.2 Å². The van der Waals surface area contributed by atoms with Crippen molar-refractivity contribution in [3.05, 3.63) is 12.2 Å². The number of hydrogen-bond acceptors (Lipinski definition) is 3. The second kappa shape index (κ2) is 5.19. The highest BCUT2D eigenvalue weighted by molar-refractivity contribution is 5.79. The van der Waals surface area contributed by atoms with Crippen LogP contribution in [0.5, 0.6) is 0 Å². The summed E-state index contributed by atoms with van der Waals surface area (Å²) in [5.41, 5.74) is 0. The Morgan fingerprint density at radius 3 is 2.71 bits per heavy atom. The van der Waals surface area contributed by atoms with Crippen LogP contribution >= 0.6 is 0 Å². The molecule has 0 heterocycles. The van der Waals surface area contributed by atoms with Gasteiger partial charge in [-0.15, -0.1) is 0 Å². The third kappa shape index (κ3) is 2.87. The molecule has 4 heteroatoms. The number of fused-ring (bicyclic) bond motifs is 2. The van der Waals surface area contributed by atoms with Crippen molar-refractivity contribution in [2.24, 2.45) is 17.8 Å². The van der Waals surface area contributed by atoms with Crippen LogP contribution in [0.1, 0.15) is 25.7 Å². The van der Waals surface area contributed by atoms with Crippen molar-refractivity contribution < 1.29 is 15.0 Å². The van der Waals surface area contributed by atoms with Crippen molar-refractivity contribution in [2.45, 2.75) is 32.0 Å². The largest absolute Gasteiger partial charge is 0.368 e. The number of carbonyl (C=O) groups is 1. The molecule has 1 amide bonds. The van der Waals surface area contributed by atoms with Gasteiger partial charge in [-0.3, -0.25) is 4.79 Å². The van der Waals surface area contributed by atoms with Gasteiger partial charge in [-0.25, -0.2) is 0 Å². The molecule has 1 fully saturated rings. The van der Waals surface area contributed by atoms with Crippen LogP contribution in [0.25, 0.3) is 0 Å². The molecule has 2 aliphatic carbocycles. The SMILES string of the molecule is CN(CCCC(O)O)C(=O)C1CC2C=CC1C2. The molecule has 3 atom stereocenters. The zero-order chi connectivity index (χ0) is 12.4. The first kappa shape index (κ1) is 12.6. The van der Waals surface area contributed by atoms with E-state index in [2.05, 4.69) is 12.2 Å². The van der Waals surface area contributed by atoms with Gasteiger partial charge in [0.2, 0.25) is 5.91 Å². The first-order valence-corrected chi connectivity index (χ1v) is 6.37. The van der Waals surface area contributed by atoms with Gasteiger partial charge >= 0.3 is 0 Å². The predicted octanol–water partition coefficient (Wildman–Crippen LogP) is 0.748. The summed E-state index contributed by atoms with van der Waals surface area (Å²) < 4.78 is 0. The minimum Gasteiger partial charge on any atom is -0.368 e. The molecule has 0 saturated heterocycles. The number of nitrogens with zero attached hydrogens (tertiary/aromatic N) is 1. The van der Waals surface area contributed by atoms with E-state index in [9.17, 15) is 4.79 Å². The summed E-state index contributed by atoms with van der Waals surface area (Å²) in [7, 11) is 1.81. The number of aliphatic hydroxyl groups is 2. The summed E-state index contributed by atoms with van der Waals surface area (Å²) in [4.78, 5) is 13.9. The average Bonchev–Trinajstić information content (AvgIpc) is 2.88. The Kier molecular flexibility index (Phi) is 3.84. The fourth-order valence-corrected chi connectivity index (χ4v) is 2.97. The standard InChI is InChI=1S/C13H21NO3/c1-14(6-2-3-12(15)16)13(17)11-8-9-4-5-10(11)7-9/h4-5,9-12,15-16H,2-3,6-8H2,1H3. The van der Waals surface area contributed by atoms with Gasteiger partial charge in [0.1, 0.15) is 0 Å². The topological polar surface area (TPSA) is 60.8 Å². The highest BCUT2D eigenvalue weighted by atomic mass is 16.5. The van der Waals surface area contributed by atoms with E-state index >= 15 is 0 Å². The monoisotopic (exact) mass is 239 g/mol. The molecular weight excluding hydrogens is 218 g/mol. The summed E-state index contributed by atoms with van der Waals surface area (Å²) in [6.45, 7) is 0.605. The van der Waals surface area contributed by atoms with Crippen molar-refractivity contribution in [1.29, 1.82) is 0 Å². The second-order valence-corrected chi connectivity index (χ2v) is 5.27. The van der Waals surface area contributed by atoms with Crippen LogP contribution in [0.2, 0.25) is 0 Å². The lowest BCUT2D eigenvalue weighted by Gasteiger charge is -2.24. The molecule has 17 heavy (non-hydrogen) atoms. The first-order chi connectivity index (χ1) is 8.08. The molecule has 0 aromatic rings. The average molecular weight is 239 g/mol. The van der Waals surface area contributed by atoms with E-state index < -0.39 is 6.29 Å². The zero-order valence-corrected chi connectivity index (χ0v) is 10.2. The summed E-state index contributed by atoms with van der Waals surface area (Å²) in [5.74, 6) is 1.43. The molecule has 4 nitrogen and oxygen atoms in total. The molecule has 0 aliphatic heterocycles. The lowest BCUT2D eigenvalue weighted by Crippen LogP contribution is -2.35. The number of hydrogen-bond donors (Lipinski definition) is 2. The number of amides is 1. The second-order valence-electron chi connectivity index (χ2n) is 5.27. The molecule has 0 spiro atoms. The lowest BCUT2D eigenvalue weighted by atomic mass is 9.92. The fraction of sp³-hybridized carbons (Fsp3) is 0.769. The Labute approximate surface area is 102 Å². The minimum atomic E-state index is -1.26. The van der Waals surface area contributed by atoms with Crippen LogP contribution in [0.4, 0.5) is 0 Å². The zero-order valence-electron chi connectivity index (χ0n) is 10.2. The molecule has 2 bridgehead atoms. The lowest BCUT2D eigenvalue weighted by molar-refractivity contribution is -0.135. The summed E-state index contributed by atoms with van der Waals surface area (Å²) in [5, 5.41) is 17.5. The summed E-state index contributed by atoms with van der Waals surface area (Å²) >= 11 is 0. The molecular formula is C13H21NO3. The number of carbonyl (C=O) groups excluding carboxylic acids is 1. The number of rotatable bonds is 5. The van der Waals surface area contributed by atoms with Gasteiger partial charge in [0.05, 0.1) is 0 Å². The van der Waals surface area contributed by atoms with Crippen molar-refractivity contribution >= 4 is 5.91 Å². The maximum absolute atomic E-state index is 12.2. The highest BCUT2D eigenvalue weighted by Crippen LogP contribution is 2.44. The summed E-state index contributed by atoms with van der Waals surface area (Å²) in [6, 6.07) is 0. The third-order valence-electron chi connectivity index (χ3n) is 3.93. The predicted molar refractivity (Wildman–Crippen MR) is 63.9 cm³/mol. The number of allylic oxidation sites excluding steroid dienone is 2. The molecule has 2 N–H and O–H groups in total. The minimum absolute atomic E-state index is 0.161. The van der Waals surface area contributed by atoms with Crippen LogP contribution in [-0.4, -0.2) is 40.9 Å². The normalized spacial score (nSPS) is 30.2. The van der Waals surface area contributed by atoms with Gasteiger partial charge in [-0.05, 0) is 37.5 Å². The Balaban J connectivity index is 1.77. The third-order valence-corrected chi connectivity index (χ3v) is 3.93. The van der Waals surface area contributed by atoms with E-state index in [-0.39, 0.29) is 11.8 Å². The molecule has 2 rings (SSSR count). The van der Waals surface area contributed by atoms with Crippen molar-refractivity contribution in [1.82, 2.24) is 4.90 Å². The maximum Gasteiger partial charge on any atom is 0.226 e. The Morgan fingerprint density at radius 1 is 1.41 bits per heavy atom. The Morgan fingerprint density at radius 2 is 2.18 bits per heavy atom. The smallest absolute Gasteiger partial charge is 0.226 e. The van der Waals surface area contributed by atoms with Crippen molar-refractivity contribution in [2.75, 3.05) is 13.6 Å². The van der Waals surface area contributed by atoms with Crippen LogP contribution in [0.3, 0.4) is 0 Å². The van der Waals surface area contributed by atoms with Gasteiger partial charge in [-0.1, -0.05) is 12.2 Å². The van der Waals surface area contributed by atoms with E-state index in [0.717, 1.165) is 12.8 Å². The van der Waals surface area contributed by atoms with Crippen molar-refractivity contribution in [3.63, 3.8) is 0 Å². The first-order valence-electron chi connectivity index (χ1n) is 6.37. The van der Waals surface area contributed by atoms with Gasteiger partial charge < -0.3 is 15.1 Å². The van der Waals surface area contributed by atoms with E-state index in [1.807, 2.05) is 7.05 Å². The highest BCUT2D eigenvalue weighted by Gasteiger charge is 2.40. The maximum atomic E-state index is 12.2. The fourth-order valence-electron chi connectivity index (χ4n) is 2.97. The Hall–Kier alpha value is -0.870. The molecule has 0 aromatic carbocycles. The molecule has 0 aromatic heterocycles. The molecule has 0 radical (unpaired) electrons. The van der Waals surface area contributed by atoms with Crippen LogP contribution < -0.4 is 0 Å². The number of aliphatic hydroxyl groups excluding tert-OH is 1. The van der Waals surface area contributed by atoms with Gasteiger partial charge in [0.15, 0.2) is 6.29 Å². The van der Waals surface area contributed by atoms with Gasteiger partial charge in [0, 0.05) is 19.5 Å². The van der Waals surface area contributed by atoms with Gasteiger partial charge in [-0.2, -0.15) is 0 Å². The molecule has 96 valence electrons. The van der Waals surface area contributed by atoms with Crippen molar-refractivity contribution in [3.8, 4) is 0 Å². The molecule has 3 unspecified atom stereocenters. The Bertz CT molecular complexity index is 314. The van der Waals surface area contributed by atoms with Gasteiger partial charge in [0.25, 0.3) is 0 Å². The van der Waals surface area contributed by atoms with E-state index in [1.54, 1.807) is 4.90 Å². The molecule has 2 aliphatic rings. The van der Waals surface area contributed by atoms with Crippen LogP contribution in [-0.2, 0) is 4.79 Å². The molecule has 1 saturated carbocycles. The van der Waals surface area contributed by atoms with Crippen LogP contribution in [0.15, 0.2) is 12.2 Å². The van der Waals surface area contributed by atoms with E-state index in [1.165, 1.54) is 0 Å².